The molecule has 0 aliphatic rings. The lowest BCUT2D eigenvalue weighted by Crippen LogP contribution is -2.53. The lowest BCUT2D eigenvalue weighted by atomic mass is 9.76. The first-order valence-electron chi connectivity index (χ1n) is 8.99. The minimum Gasteiger partial charge on any atom is -0.480 e. The highest BCUT2D eigenvalue weighted by atomic mass is 16.4. The summed E-state index contributed by atoms with van der Waals surface area (Å²) in [6.07, 6.45) is -0.316. The van der Waals surface area contributed by atoms with E-state index < -0.39 is 23.5 Å². The number of carboxylic acids is 1. The second-order valence-electron chi connectivity index (χ2n) is 6.55. The van der Waals surface area contributed by atoms with Crippen LogP contribution in [0.4, 0.5) is 0 Å². The molecule has 28 heavy (non-hydrogen) atoms. The molecule has 1 amide bonds. The summed E-state index contributed by atoms with van der Waals surface area (Å²) in [7, 11) is 0. The van der Waals surface area contributed by atoms with E-state index in [0.29, 0.717) is 0 Å². The number of hydrogen-bond donors (Lipinski definition) is 3. The first kappa shape index (κ1) is 19.3. The van der Waals surface area contributed by atoms with E-state index in [1.165, 1.54) is 0 Å². The Hall–Kier alpha value is -3.44. The number of nitrogens with one attached hydrogen (secondary N) is 1. The van der Waals surface area contributed by atoms with E-state index in [2.05, 4.69) is 5.32 Å². The number of carbonyl (C=O) groups excluding carboxylic acids is 1. The van der Waals surface area contributed by atoms with Gasteiger partial charge in [-0.15, -0.1) is 0 Å². The van der Waals surface area contributed by atoms with Crippen LogP contribution in [0.15, 0.2) is 91.0 Å². The Morgan fingerprint density at radius 3 is 1.43 bits per heavy atom. The lowest BCUT2D eigenvalue weighted by molar-refractivity contribution is -0.141. The van der Waals surface area contributed by atoms with Crippen LogP contribution in [0.3, 0.4) is 0 Å². The number of primary amides is 1. The molecule has 5 nitrogen and oxygen atoms in total. The van der Waals surface area contributed by atoms with Crippen molar-refractivity contribution in [1.82, 2.24) is 5.32 Å². The summed E-state index contributed by atoms with van der Waals surface area (Å²) in [5.74, 6) is -1.81. The van der Waals surface area contributed by atoms with E-state index in [4.69, 9.17) is 5.73 Å². The Morgan fingerprint density at radius 2 is 1.14 bits per heavy atom. The summed E-state index contributed by atoms with van der Waals surface area (Å²) in [4.78, 5) is 23.5. The molecule has 0 radical (unpaired) electrons. The van der Waals surface area contributed by atoms with Gasteiger partial charge in [0.15, 0.2) is 0 Å². The molecule has 0 unspecified atom stereocenters. The molecule has 0 spiro atoms. The van der Waals surface area contributed by atoms with Crippen molar-refractivity contribution in [3.63, 3.8) is 0 Å². The smallest absolute Gasteiger partial charge is 0.321 e. The average Bonchev–Trinajstić information content (AvgIpc) is 2.72. The molecule has 3 aromatic rings. The maximum absolute atomic E-state index is 11.9. The van der Waals surface area contributed by atoms with Gasteiger partial charge in [-0.25, -0.2) is 0 Å². The minimum absolute atomic E-state index is 0.316. The van der Waals surface area contributed by atoms with Gasteiger partial charge in [-0.1, -0.05) is 91.0 Å². The Morgan fingerprint density at radius 1 is 0.786 bits per heavy atom. The van der Waals surface area contributed by atoms with Crippen molar-refractivity contribution in [2.45, 2.75) is 18.0 Å². The maximum atomic E-state index is 11.9. The van der Waals surface area contributed by atoms with Crippen LogP contribution >= 0.6 is 0 Å². The zero-order valence-electron chi connectivity index (χ0n) is 15.3. The van der Waals surface area contributed by atoms with Crippen LogP contribution in [0.2, 0.25) is 0 Å². The van der Waals surface area contributed by atoms with Crippen molar-refractivity contribution >= 4 is 11.9 Å². The quantitative estimate of drug-likeness (QED) is 0.529. The molecule has 0 aliphatic carbocycles. The third kappa shape index (κ3) is 3.94. The molecule has 0 saturated carbocycles. The number of rotatable bonds is 8. The van der Waals surface area contributed by atoms with Crippen LogP contribution in [0.1, 0.15) is 23.1 Å². The molecule has 1 atom stereocenters. The van der Waals surface area contributed by atoms with Gasteiger partial charge in [0.2, 0.25) is 5.91 Å². The molecular formula is C23H22N2O3. The number of aliphatic carboxylic acids is 1. The first-order valence-corrected chi connectivity index (χ1v) is 8.99. The molecule has 0 heterocycles. The first-order chi connectivity index (χ1) is 13.5. The standard InChI is InChI=1S/C23H22N2O3/c24-21(26)16-20(22(27)28)25-23(17-10-4-1-5-11-17,18-12-6-2-7-13-18)19-14-8-3-9-15-19/h1-15,20,25H,16H2,(H2,24,26)(H,27,28)/t20-/m0/s1. The molecule has 3 rings (SSSR count). The molecule has 5 heteroatoms. The molecule has 142 valence electrons. The lowest BCUT2D eigenvalue weighted by Gasteiger charge is -2.39. The zero-order chi connectivity index (χ0) is 20.0. The van der Waals surface area contributed by atoms with Crippen molar-refractivity contribution in [1.29, 1.82) is 0 Å². The van der Waals surface area contributed by atoms with Crippen molar-refractivity contribution in [2.75, 3.05) is 0 Å². The Kier molecular flexibility index (Phi) is 5.87. The summed E-state index contributed by atoms with van der Waals surface area (Å²) in [6.45, 7) is 0. The fourth-order valence-corrected chi connectivity index (χ4v) is 3.48. The summed E-state index contributed by atoms with van der Waals surface area (Å²) in [5.41, 5.74) is 6.95. The predicted molar refractivity (Wildman–Crippen MR) is 108 cm³/mol. The van der Waals surface area contributed by atoms with Crippen LogP contribution in [-0.4, -0.2) is 23.0 Å². The van der Waals surface area contributed by atoms with Crippen molar-refractivity contribution in [3.8, 4) is 0 Å². The average molecular weight is 374 g/mol. The highest BCUT2D eigenvalue weighted by Crippen LogP contribution is 2.37. The van der Waals surface area contributed by atoms with Crippen molar-refractivity contribution in [2.24, 2.45) is 5.73 Å². The highest BCUT2D eigenvalue weighted by molar-refractivity contribution is 5.83. The molecule has 0 fully saturated rings. The summed E-state index contributed by atoms with van der Waals surface area (Å²) >= 11 is 0. The van der Waals surface area contributed by atoms with E-state index in [1.807, 2.05) is 91.0 Å². The summed E-state index contributed by atoms with van der Waals surface area (Å²) in [5, 5.41) is 13.0. The Bertz CT molecular complexity index is 831. The second kappa shape index (κ2) is 8.50. The maximum Gasteiger partial charge on any atom is 0.321 e. The van der Waals surface area contributed by atoms with Crippen molar-refractivity contribution in [3.05, 3.63) is 108 Å². The number of nitrogens with two attached hydrogens (primary N) is 1. The van der Waals surface area contributed by atoms with Gasteiger partial charge < -0.3 is 10.8 Å². The molecule has 0 saturated heterocycles. The Balaban J connectivity index is 2.27. The Labute approximate surface area is 163 Å². The van der Waals surface area contributed by atoms with Crippen molar-refractivity contribution < 1.29 is 14.7 Å². The molecule has 0 aliphatic heterocycles. The van der Waals surface area contributed by atoms with Gasteiger partial charge in [0, 0.05) is 0 Å². The summed E-state index contributed by atoms with van der Waals surface area (Å²) in [6, 6.07) is 27.6. The van der Waals surface area contributed by atoms with Gasteiger partial charge in [0.25, 0.3) is 0 Å². The number of benzene rings is 3. The largest absolute Gasteiger partial charge is 0.480 e. The monoisotopic (exact) mass is 374 g/mol. The predicted octanol–water partition coefficient (Wildman–Crippen LogP) is 2.90. The number of hydrogen-bond acceptors (Lipinski definition) is 3. The zero-order valence-corrected chi connectivity index (χ0v) is 15.3. The van der Waals surface area contributed by atoms with Gasteiger partial charge in [0.1, 0.15) is 6.04 Å². The van der Waals surface area contributed by atoms with Crippen LogP contribution in [0.5, 0.6) is 0 Å². The second-order valence-corrected chi connectivity index (χ2v) is 6.55. The fraction of sp³-hybridized carbons (Fsp3) is 0.130. The van der Waals surface area contributed by atoms with Gasteiger partial charge >= 0.3 is 5.97 Å². The van der Waals surface area contributed by atoms with E-state index in [1.54, 1.807) is 0 Å². The van der Waals surface area contributed by atoms with Crippen LogP contribution < -0.4 is 11.1 Å². The molecule has 0 aromatic heterocycles. The van der Waals surface area contributed by atoms with E-state index in [9.17, 15) is 14.7 Å². The van der Waals surface area contributed by atoms with E-state index in [0.717, 1.165) is 16.7 Å². The van der Waals surface area contributed by atoms with Crippen LogP contribution in [-0.2, 0) is 15.1 Å². The van der Waals surface area contributed by atoms with Crippen LogP contribution in [0.25, 0.3) is 0 Å². The number of amides is 1. The van der Waals surface area contributed by atoms with Crippen LogP contribution in [0, 0.1) is 0 Å². The molecule has 0 bridgehead atoms. The van der Waals surface area contributed by atoms with Gasteiger partial charge in [-0.3, -0.25) is 14.9 Å². The van der Waals surface area contributed by atoms with E-state index in [-0.39, 0.29) is 6.42 Å². The third-order valence-electron chi connectivity index (χ3n) is 4.71. The minimum atomic E-state index is -1.15. The normalized spacial score (nSPS) is 12.3. The SMILES string of the molecule is NC(=O)C[C@H](NC(c1ccccc1)(c1ccccc1)c1ccccc1)C(=O)O. The highest BCUT2D eigenvalue weighted by Gasteiger charge is 2.40. The molecule has 4 N–H and O–H groups in total. The van der Waals surface area contributed by atoms with Gasteiger partial charge in [-0.05, 0) is 16.7 Å². The molecule has 3 aromatic carbocycles. The van der Waals surface area contributed by atoms with Gasteiger partial charge in [-0.2, -0.15) is 0 Å². The number of carboxylic acid groups (broad SMARTS) is 1. The number of carbonyl (C=O) groups is 2. The summed E-state index contributed by atoms with van der Waals surface area (Å²) < 4.78 is 0. The molecular weight excluding hydrogens is 352 g/mol. The van der Waals surface area contributed by atoms with Gasteiger partial charge in [0.05, 0.1) is 12.0 Å². The van der Waals surface area contributed by atoms with E-state index >= 15 is 0 Å². The fourth-order valence-electron chi connectivity index (χ4n) is 3.48. The topological polar surface area (TPSA) is 92.4 Å². The third-order valence-corrected chi connectivity index (χ3v) is 4.71.